The summed E-state index contributed by atoms with van der Waals surface area (Å²) in [5, 5.41) is 13.6. The van der Waals surface area contributed by atoms with E-state index in [2.05, 4.69) is 16.1 Å². The van der Waals surface area contributed by atoms with Crippen LogP contribution < -0.4 is 5.32 Å². The van der Waals surface area contributed by atoms with Crippen LogP contribution in [0.15, 0.2) is 0 Å². The molecule has 1 saturated heterocycles. The van der Waals surface area contributed by atoms with Crippen molar-refractivity contribution in [2.24, 2.45) is 0 Å². The first-order chi connectivity index (χ1) is 8.57. The number of nitrogens with zero attached hydrogens (tertiary/aromatic N) is 1. The van der Waals surface area contributed by atoms with E-state index in [0.717, 1.165) is 32.5 Å². The maximum absolute atomic E-state index is 10.1. The number of nitrogens with one attached hydrogen (secondary N) is 1. The van der Waals surface area contributed by atoms with Crippen LogP contribution in [0.2, 0.25) is 0 Å². The van der Waals surface area contributed by atoms with E-state index in [-0.39, 0.29) is 0 Å². The third-order valence-electron chi connectivity index (χ3n) is 3.52. The zero-order valence-corrected chi connectivity index (χ0v) is 11.6. The molecular formula is C14H26N2O2. The molecule has 2 N–H and O–H groups in total. The average molecular weight is 254 g/mol. The molecule has 0 radical (unpaired) electrons. The van der Waals surface area contributed by atoms with Gasteiger partial charge in [0.15, 0.2) is 0 Å². The lowest BCUT2D eigenvalue weighted by atomic mass is 10.00. The third-order valence-corrected chi connectivity index (χ3v) is 3.52. The van der Waals surface area contributed by atoms with Gasteiger partial charge in [0.1, 0.15) is 0 Å². The third kappa shape index (κ3) is 5.83. The Kier molecular flexibility index (Phi) is 6.66. The van der Waals surface area contributed by atoms with E-state index < -0.39 is 5.60 Å². The van der Waals surface area contributed by atoms with E-state index in [1.54, 1.807) is 7.11 Å². The lowest BCUT2D eigenvalue weighted by Crippen LogP contribution is -2.47. The molecule has 0 aliphatic carbocycles. The molecule has 0 spiro atoms. The predicted octanol–water partition coefficient (Wildman–Crippen LogP) is 0.461. The van der Waals surface area contributed by atoms with Crippen LogP contribution in [0.1, 0.15) is 26.2 Å². The van der Waals surface area contributed by atoms with Crippen molar-refractivity contribution in [3.8, 4) is 12.3 Å². The largest absolute Gasteiger partial charge is 0.389 e. The molecule has 1 heterocycles. The maximum atomic E-state index is 10.1. The van der Waals surface area contributed by atoms with Crippen molar-refractivity contribution in [3.63, 3.8) is 0 Å². The molecule has 104 valence electrons. The number of piperidine rings is 1. The van der Waals surface area contributed by atoms with Crippen LogP contribution in [0.3, 0.4) is 0 Å². The first-order valence-corrected chi connectivity index (χ1v) is 6.68. The highest BCUT2D eigenvalue weighted by molar-refractivity contribution is 4.90. The number of methoxy groups -OCH3 is 1. The molecule has 18 heavy (non-hydrogen) atoms. The molecule has 0 saturated carbocycles. The van der Waals surface area contributed by atoms with Crippen molar-refractivity contribution < 1.29 is 9.84 Å². The summed E-state index contributed by atoms with van der Waals surface area (Å²) in [7, 11) is 1.66. The van der Waals surface area contributed by atoms with Crippen LogP contribution in [0.5, 0.6) is 0 Å². The summed E-state index contributed by atoms with van der Waals surface area (Å²) in [5.41, 5.74) is -0.689. The summed E-state index contributed by atoms with van der Waals surface area (Å²) in [6.45, 7) is 5.90. The summed E-state index contributed by atoms with van der Waals surface area (Å²) < 4.78 is 5.00. The molecule has 1 aliphatic rings. The highest BCUT2D eigenvalue weighted by Crippen LogP contribution is 2.12. The maximum Gasteiger partial charge on any atom is 0.0765 e. The van der Waals surface area contributed by atoms with Crippen LogP contribution in [0.4, 0.5) is 0 Å². The molecule has 4 heteroatoms. The fraction of sp³-hybridized carbons (Fsp3) is 0.857. The van der Waals surface area contributed by atoms with Crippen LogP contribution in [-0.4, -0.2) is 61.5 Å². The van der Waals surface area contributed by atoms with E-state index >= 15 is 0 Å². The average Bonchev–Trinajstić information content (AvgIpc) is 2.36. The van der Waals surface area contributed by atoms with Gasteiger partial charge in [-0.25, -0.2) is 0 Å². The topological polar surface area (TPSA) is 44.7 Å². The molecule has 0 aromatic heterocycles. The summed E-state index contributed by atoms with van der Waals surface area (Å²) in [4.78, 5) is 2.29. The van der Waals surface area contributed by atoms with Crippen molar-refractivity contribution in [1.82, 2.24) is 10.2 Å². The summed E-state index contributed by atoms with van der Waals surface area (Å²) in [6.07, 6.45) is 8.16. The van der Waals surface area contributed by atoms with Gasteiger partial charge in [0.25, 0.3) is 0 Å². The number of hydrogen-bond acceptors (Lipinski definition) is 4. The van der Waals surface area contributed by atoms with Gasteiger partial charge in [-0.05, 0) is 19.8 Å². The normalized spacial score (nSPS) is 21.4. The van der Waals surface area contributed by atoms with Crippen molar-refractivity contribution in [3.05, 3.63) is 0 Å². The molecular weight excluding hydrogens is 228 g/mol. The number of terminal acetylenes is 1. The molecule has 0 aromatic carbocycles. The Balaban J connectivity index is 2.19. The molecule has 0 bridgehead atoms. The Morgan fingerprint density at radius 2 is 2.17 bits per heavy atom. The first kappa shape index (κ1) is 15.5. The first-order valence-electron chi connectivity index (χ1n) is 6.68. The zero-order valence-electron chi connectivity index (χ0n) is 11.6. The Bertz CT molecular complexity index is 265. The molecule has 1 unspecified atom stereocenters. The molecule has 1 atom stereocenters. The Morgan fingerprint density at radius 3 is 2.72 bits per heavy atom. The fourth-order valence-corrected chi connectivity index (χ4v) is 2.20. The lowest BCUT2D eigenvalue weighted by Gasteiger charge is -2.33. The van der Waals surface area contributed by atoms with Gasteiger partial charge >= 0.3 is 0 Å². The molecule has 4 nitrogen and oxygen atoms in total. The van der Waals surface area contributed by atoms with Gasteiger partial charge in [-0.1, -0.05) is 5.92 Å². The Morgan fingerprint density at radius 1 is 1.50 bits per heavy atom. The summed E-state index contributed by atoms with van der Waals surface area (Å²) in [6, 6.07) is 0.494. The molecule has 0 amide bonds. The van der Waals surface area contributed by atoms with E-state index in [9.17, 15) is 5.11 Å². The molecule has 1 fully saturated rings. The second-order valence-corrected chi connectivity index (χ2v) is 5.38. The fourth-order valence-electron chi connectivity index (χ4n) is 2.20. The number of aliphatic hydroxyl groups is 1. The minimum Gasteiger partial charge on any atom is -0.389 e. The molecule has 1 aliphatic heterocycles. The van der Waals surface area contributed by atoms with Crippen molar-refractivity contribution in [2.75, 3.05) is 39.9 Å². The number of hydrogen-bond donors (Lipinski definition) is 2. The SMILES string of the molecule is C#CCN1CCC(NCC(C)(O)CCOC)CC1. The van der Waals surface area contributed by atoms with Gasteiger partial charge in [0.2, 0.25) is 0 Å². The van der Waals surface area contributed by atoms with E-state index in [1.165, 1.54) is 0 Å². The van der Waals surface area contributed by atoms with E-state index in [1.807, 2.05) is 6.92 Å². The van der Waals surface area contributed by atoms with E-state index in [0.29, 0.717) is 25.6 Å². The second-order valence-electron chi connectivity index (χ2n) is 5.38. The number of likely N-dealkylation sites (tertiary alicyclic amines) is 1. The van der Waals surface area contributed by atoms with Gasteiger partial charge in [-0.15, -0.1) is 6.42 Å². The number of ether oxygens (including phenoxy) is 1. The smallest absolute Gasteiger partial charge is 0.0765 e. The molecule has 1 rings (SSSR count). The van der Waals surface area contributed by atoms with Gasteiger partial charge in [-0.3, -0.25) is 4.90 Å². The standard InChI is InChI=1S/C14H26N2O2/c1-4-8-16-9-5-13(6-10-16)15-12-14(2,17)7-11-18-3/h1,13,15,17H,5-12H2,2-3H3. The van der Waals surface area contributed by atoms with Crippen LogP contribution >= 0.6 is 0 Å². The zero-order chi connectivity index (χ0) is 13.4. The van der Waals surface area contributed by atoms with Crippen molar-refractivity contribution in [2.45, 2.75) is 37.8 Å². The minimum absolute atomic E-state index is 0.494. The summed E-state index contributed by atoms with van der Waals surface area (Å²) >= 11 is 0. The Hall–Kier alpha value is -0.600. The van der Waals surface area contributed by atoms with Crippen LogP contribution in [0, 0.1) is 12.3 Å². The highest BCUT2D eigenvalue weighted by Gasteiger charge is 2.23. The second kappa shape index (κ2) is 7.75. The van der Waals surface area contributed by atoms with Crippen molar-refractivity contribution in [1.29, 1.82) is 0 Å². The van der Waals surface area contributed by atoms with Crippen LogP contribution in [0.25, 0.3) is 0 Å². The lowest BCUT2D eigenvalue weighted by molar-refractivity contribution is 0.0208. The highest BCUT2D eigenvalue weighted by atomic mass is 16.5. The summed E-state index contributed by atoms with van der Waals surface area (Å²) in [5.74, 6) is 2.68. The molecule has 0 aromatic rings. The van der Waals surface area contributed by atoms with Gasteiger partial charge < -0.3 is 15.2 Å². The van der Waals surface area contributed by atoms with Gasteiger partial charge in [0, 0.05) is 45.8 Å². The monoisotopic (exact) mass is 254 g/mol. The van der Waals surface area contributed by atoms with E-state index in [4.69, 9.17) is 11.2 Å². The minimum atomic E-state index is -0.689. The predicted molar refractivity (Wildman–Crippen MR) is 73.4 cm³/mol. The van der Waals surface area contributed by atoms with Crippen molar-refractivity contribution >= 4 is 0 Å². The quantitative estimate of drug-likeness (QED) is 0.648. The van der Waals surface area contributed by atoms with Crippen LogP contribution in [-0.2, 0) is 4.74 Å². The number of rotatable bonds is 7. The van der Waals surface area contributed by atoms with Gasteiger partial charge in [0.05, 0.1) is 12.1 Å². The van der Waals surface area contributed by atoms with Gasteiger partial charge in [-0.2, -0.15) is 0 Å². The Labute approximate surface area is 111 Å².